The van der Waals surface area contributed by atoms with Crippen molar-refractivity contribution < 1.29 is 23.1 Å². The van der Waals surface area contributed by atoms with Gasteiger partial charge >= 0.3 is 5.97 Å². The van der Waals surface area contributed by atoms with Gasteiger partial charge in [0.1, 0.15) is 5.60 Å². The third kappa shape index (κ3) is 3.42. The first-order valence-electron chi connectivity index (χ1n) is 8.40. The fourth-order valence-corrected chi connectivity index (χ4v) is 4.28. The minimum Gasteiger partial charge on any atom is -0.505 e. The van der Waals surface area contributed by atoms with Crippen molar-refractivity contribution in [3.8, 4) is 5.75 Å². The Labute approximate surface area is 158 Å². The average Bonchev–Trinajstić information content (AvgIpc) is 2.88. The third-order valence-electron chi connectivity index (χ3n) is 3.96. The molecule has 1 aromatic heterocycles. The summed E-state index contributed by atoms with van der Waals surface area (Å²) in [6.07, 6.45) is 0. The van der Waals surface area contributed by atoms with Crippen molar-refractivity contribution >= 4 is 26.9 Å². The predicted molar refractivity (Wildman–Crippen MR) is 103 cm³/mol. The molecule has 3 rings (SSSR count). The molecule has 0 amide bonds. The number of aromatic nitrogens is 1. The van der Waals surface area contributed by atoms with Gasteiger partial charge < -0.3 is 9.84 Å². The van der Waals surface area contributed by atoms with Gasteiger partial charge in [0.2, 0.25) is 0 Å². The molecule has 0 aliphatic rings. The van der Waals surface area contributed by atoms with E-state index in [1.54, 1.807) is 51.1 Å². The van der Waals surface area contributed by atoms with Crippen molar-refractivity contribution in [2.75, 3.05) is 0 Å². The van der Waals surface area contributed by atoms with Crippen LogP contribution in [0.25, 0.3) is 10.9 Å². The molecular weight excluding hydrogens is 366 g/mol. The molecule has 0 unspecified atom stereocenters. The SMILES string of the molecule is Cc1ccc(S(=O)(=O)n2c(C(=O)OC(C)(C)C)c(O)c3ccccc32)cc1. The van der Waals surface area contributed by atoms with Gasteiger partial charge in [0.25, 0.3) is 10.0 Å². The van der Waals surface area contributed by atoms with E-state index >= 15 is 0 Å². The molecule has 0 aliphatic carbocycles. The number of aromatic hydroxyl groups is 1. The zero-order valence-electron chi connectivity index (χ0n) is 15.6. The molecule has 0 atom stereocenters. The number of benzene rings is 2. The van der Waals surface area contributed by atoms with E-state index in [1.807, 2.05) is 6.92 Å². The Morgan fingerprint density at radius 3 is 2.22 bits per heavy atom. The molecule has 1 N–H and O–H groups in total. The highest BCUT2D eigenvalue weighted by Gasteiger charge is 2.33. The Bertz CT molecular complexity index is 1120. The molecular formula is C20H21NO5S. The monoisotopic (exact) mass is 387 g/mol. The van der Waals surface area contributed by atoms with E-state index in [1.165, 1.54) is 18.2 Å². The van der Waals surface area contributed by atoms with E-state index in [0.717, 1.165) is 9.54 Å². The standard InChI is InChI=1S/C20H21NO5S/c1-13-9-11-14(12-10-13)27(24,25)21-16-8-6-5-7-15(16)18(22)17(21)19(23)26-20(2,3)4/h5-12,22H,1-4H3. The van der Waals surface area contributed by atoms with Crippen LogP contribution in [-0.4, -0.2) is 29.1 Å². The van der Waals surface area contributed by atoms with Gasteiger partial charge in [-0.15, -0.1) is 0 Å². The van der Waals surface area contributed by atoms with Crippen LogP contribution in [0, 0.1) is 6.92 Å². The van der Waals surface area contributed by atoms with Crippen LogP contribution in [0.1, 0.15) is 36.8 Å². The summed E-state index contributed by atoms with van der Waals surface area (Å²) in [4.78, 5) is 12.7. The Morgan fingerprint density at radius 2 is 1.63 bits per heavy atom. The summed E-state index contributed by atoms with van der Waals surface area (Å²) in [5, 5.41) is 10.9. The smallest absolute Gasteiger partial charge is 0.360 e. The summed E-state index contributed by atoms with van der Waals surface area (Å²) in [6.45, 7) is 6.86. The van der Waals surface area contributed by atoms with Gasteiger partial charge in [-0.25, -0.2) is 17.2 Å². The number of para-hydroxylation sites is 1. The number of rotatable bonds is 3. The lowest BCUT2D eigenvalue weighted by molar-refractivity contribution is 0.00592. The van der Waals surface area contributed by atoms with E-state index in [2.05, 4.69) is 0 Å². The lowest BCUT2D eigenvalue weighted by Gasteiger charge is -2.20. The van der Waals surface area contributed by atoms with Gasteiger partial charge in [0.05, 0.1) is 10.4 Å². The molecule has 6 nitrogen and oxygen atoms in total. The molecule has 1 heterocycles. The topological polar surface area (TPSA) is 85.6 Å². The minimum atomic E-state index is -4.14. The van der Waals surface area contributed by atoms with Crippen LogP contribution in [0.3, 0.4) is 0 Å². The van der Waals surface area contributed by atoms with E-state index in [9.17, 15) is 18.3 Å². The Balaban J connectivity index is 2.32. The van der Waals surface area contributed by atoms with Gasteiger partial charge in [0, 0.05) is 5.39 Å². The van der Waals surface area contributed by atoms with Gasteiger partial charge in [-0.05, 0) is 52.0 Å². The molecule has 142 valence electrons. The first-order chi connectivity index (χ1) is 12.5. The molecule has 0 radical (unpaired) electrons. The number of carbonyl (C=O) groups excluding carboxylic acids is 1. The molecule has 0 saturated heterocycles. The van der Waals surface area contributed by atoms with E-state index in [4.69, 9.17) is 4.74 Å². The number of hydrogen-bond acceptors (Lipinski definition) is 5. The molecule has 0 fully saturated rings. The highest BCUT2D eigenvalue weighted by Crippen LogP contribution is 2.36. The Morgan fingerprint density at radius 1 is 1.04 bits per heavy atom. The Hall–Kier alpha value is -2.80. The van der Waals surface area contributed by atoms with Crippen molar-refractivity contribution in [1.29, 1.82) is 0 Å². The fourth-order valence-electron chi connectivity index (χ4n) is 2.77. The highest BCUT2D eigenvalue weighted by molar-refractivity contribution is 7.90. The van der Waals surface area contributed by atoms with Crippen molar-refractivity contribution in [3.63, 3.8) is 0 Å². The first-order valence-corrected chi connectivity index (χ1v) is 9.84. The number of aryl methyl sites for hydroxylation is 1. The summed E-state index contributed by atoms with van der Waals surface area (Å²) in [5.41, 5.74) is -0.150. The van der Waals surface area contributed by atoms with Crippen LogP contribution in [0.2, 0.25) is 0 Å². The molecule has 27 heavy (non-hydrogen) atoms. The van der Waals surface area contributed by atoms with E-state index in [-0.39, 0.29) is 15.8 Å². The molecule has 7 heteroatoms. The lowest BCUT2D eigenvalue weighted by atomic mass is 10.2. The van der Waals surface area contributed by atoms with Gasteiger partial charge in [-0.1, -0.05) is 29.8 Å². The number of fused-ring (bicyclic) bond motifs is 1. The number of esters is 1. The summed E-state index contributed by atoms with van der Waals surface area (Å²) < 4.78 is 32.8. The number of ether oxygens (including phenoxy) is 1. The summed E-state index contributed by atoms with van der Waals surface area (Å²) in [6, 6.07) is 12.7. The van der Waals surface area contributed by atoms with Gasteiger partial charge in [-0.2, -0.15) is 0 Å². The quantitative estimate of drug-likeness (QED) is 0.690. The maximum absolute atomic E-state index is 13.3. The number of carbonyl (C=O) groups is 1. The summed E-state index contributed by atoms with van der Waals surface area (Å²) in [7, 11) is -4.14. The molecule has 0 saturated carbocycles. The lowest BCUT2D eigenvalue weighted by Crippen LogP contribution is -2.27. The summed E-state index contributed by atoms with van der Waals surface area (Å²) in [5.74, 6) is -1.33. The molecule has 0 aliphatic heterocycles. The zero-order valence-corrected chi connectivity index (χ0v) is 16.4. The largest absolute Gasteiger partial charge is 0.505 e. The van der Waals surface area contributed by atoms with Crippen molar-refractivity contribution in [2.24, 2.45) is 0 Å². The predicted octanol–water partition coefficient (Wildman–Crippen LogP) is 3.85. The number of hydrogen-bond donors (Lipinski definition) is 1. The van der Waals surface area contributed by atoms with Gasteiger partial charge in [-0.3, -0.25) is 0 Å². The molecule has 0 spiro atoms. The van der Waals surface area contributed by atoms with Crippen LogP contribution >= 0.6 is 0 Å². The molecule has 0 bridgehead atoms. The number of nitrogens with zero attached hydrogens (tertiary/aromatic N) is 1. The van der Waals surface area contributed by atoms with Crippen molar-refractivity contribution in [2.45, 2.75) is 38.2 Å². The second-order valence-electron chi connectivity index (χ2n) is 7.30. The molecule has 3 aromatic rings. The van der Waals surface area contributed by atoms with Crippen LogP contribution in [0.4, 0.5) is 0 Å². The van der Waals surface area contributed by atoms with Crippen LogP contribution < -0.4 is 0 Å². The Kier molecular flexibility index (Phi) is 4.51. The molecule has 2 aromatic carbocycles. The second-order valence-corrected chi connectivity index (χ2v) is 9.09. The van der Waals surface area contributed by atoms with E-state index in [0.29, 0.717) is 0 Å². The first kappa shape index (κ1) is 19.0. The highest BCUT2D eigenvalue weighted by atomic mass is 32.2. The second kappa shape index (κ2) is 6.42. The minimum absolute atomic E-state index is 0.0126. The maximum Gasteiger partial charge on any atom is 0.360 e. The fraction of sp³-hybridized carbons (Fsp3) is 0.250. The van der Waals surface area contributed by atoms with Crippen LogP contribution in [-0.2, 0) is 14.8 Å². The third-order valence-corrected chi connectivity index (χ3v) is 5.68. The van der Waals surface area contributed by atoms with Gasteiger partial charge in [0.15, 0.2) is 11.4 Å². The van der Waals surface area contributed by atoms with Crippen molar-refractivity contribution in [1.82, 2.24) is 3.97 Å². The van der Waals surface area contributed by atoms with Crippen LogP contribution in [0.5, 0.6) is 5.75 Å². The normalized spacial score (nSPS) is 12.3. The zero-order chi connectivity index (χ0) is 20.0. The maximum atomic E-state index is 13.3. The van der Waals surface area contributed by atoms with Crippen molar-refractivity contribution in [3.05, 3.63) is 59.8 Å². The average molecular weight is 387 g/mol. The van der Waals surface area contributed by atoms with Crippen LogP contribution in [0.15, 0.2) is 53.4 Å². The summed E-state index contributed by atoms with van der Waals surface area (Å²) >= 11 is 0. The van der Waals surface area contributed by atoms with E-state index < -0.39 is 33.0 Å².